The second-order valence-corrected chi connectivity index (χ2v) is 9.97. The number of aromatic nitrogens is 1. The molecule has 1 saturated heterocycles. The van der Waals surface area contributed by atoms with Gasteiger partial charge in [0.2, 0.25) is 5.78 Å². The summed E-state index contributed by atoms with van der Waals surface area (Å²) >= 11 is 6.07. The zero-order chi connectivity index (χ0) is 27.7. The number of halogens is 2. The minimum Gasteiger partial charge on any atom is -0.485 e. The standard InChI is InChI=1S/C29H27ClFN3O5/c1-38-29(37)24-3-2-8-33(24)9-10-34-15-23(21-7-6-20(31)14-25(21)34)26(35)16-39-27-13-17-4-5-19(30)11-18(17)12-22(27)28(32)36/h4-7,11-15,24H,2-3,8-10,16H2,1H3,(H2,32,36). The normalized spacial score (nSPS) is 15.6. The molecule has 39 heavy (non-hydrogen) atoms. The van der Waals surface area contributed by atoms with Crippen molar-refractivity contribution in [1.82, 2.24) is 9.47 Å². The topological polar surface area (TPSA) is 104 Å². The first kappa shape index (κ1) is 26.6. The summed E-state index contributed by atoms with van der Waals surface area (Å²) < 4.78 is 26.7. The number of hydrogen-bond donors (Lipinski definition) is 1. The SMILES string of the molecule is COC(=O)C1CCCN1CCn1cc(C(=O)COc2cc3ccc(Cl)cc3cc2C(N)=O)c2ccc(F)cc21. The maximum Gasteiger partial charge on any atom is 0.323 e. The van der Waals surface area contributed by atoms with Crippen molar-refractivity contribution in [2.45, 2.75) is 25.4 Å². The lowest BCUT2D eigenvalue weighted by Crippen LogP contribution is -2.38. The number of ketones is 1. The molecule has 0 bridgehead atoms. The number of likely N-dealkylation sites (tertiary alicyclic amines) is 1. The highest BCUT2D eigenvalue weighted by Crippen LogP contribution is 2.29. The van der Waals surface area contributed by atoms with E-state index >= 15 is 0 Å². The van der Waals surface area contributed by atoms with E-state index in [9.17, 15) is 18.8 Å². The van der Waals surface area contributed by atoms with Gasteiger partial charge in [-0.2, -0.15) is 0 Å². The van der Waals surface area contributed by atoms with E-state index in [4.69, 9.17) is 26.8 Å². The van der Waals surface area contributed by atoms with E-state index in [0.717, 1.165) is 24.8 Å². The van der Waals surface area contributed by atoms with Crippen molar-refractivity contribution in [2.75, 3.05) is 26.8 Å². The Hall–Kier alpha value is -3.95. The Kier molecular flexibility index (Phi) is 7.54. The van der Waals surface area contributed by atoms with Gasteiger partial charge in [0, 0.05) is 35.3 Å². The maximum absolute atomic E-state index is 14.2. The van der Waals surface area contributed by atoms with Crippen LogP contribution in [0.15, 0.2) is 54.7 Å². The summed E-state index contributed by atoms with van der Waals surface area (Å²) in [6.07, 6.45) is 3.29. The number of amides is 1. The number of esters is 1. The summed E-state index contributed by atoms with van der Waals surface area (Å²) in [5.74, 6) is -1.54. The number of carbonyl (C=O) groups excluding carboxylic acids is 3. The van der Waals surface area contributed by atoms with E-state index < -0.39 is 11.7 Å². The molecule has 0 spiro atoms. The van der Waals surface area contributed by atoms with Crippen molar-refractivity contribution < 1.29 is 28.2 Å². The van der Waals surface area contributed by atoms with Gasteiger partial charge in [-0.1, -0.05) is 17.7 Å². The van der Waals surface area contributed by atoms with Crippen molar-refractivity contribution in [2.24, 2.45) is 5.73 Å². The number of nitrogens with zero attached hydrogens (tertiary/aromatic N) is 2. The molecule has 1 aliphatic rings. The van der Waals surface area contributed by atoms with Gasteiger partial charge in [0.15, 0.2) is 6.61 Å². The molecule has 1 amide bonds. The van der Waals surface area contributed by atoms with Gasteiger partial charge in [0.05, 0.1) is 18.2 Å². The van der Waals surface area contributed by atoms with Gasteiger partial charge in [0.1, 0.15) is 17.6 Å². The minimum absolute atomic E-state index is 0.132. The van der Waals surface area contributed by atoms with E-state index in [0.29, 0.717) is 40.0 Å². The Morgan fingerprint density at radius 3 is 2.64 bits per heavy atom. The van der Waals surface area contributed by atoms with Crippen LogP contribution in [0.5, 0.6) is 5.75 Å². The van der Waals surface area contributed by atoms with E-state index in [2.05, 4.69) is 0 Å². The van der Waals surface area contributed by atoms with Gasteiger partial charge in [-0.3, -0.25) is 19.3 Å². The molecule has 0 radical (unpaired) electrons. The molecule has 0 saturated carbocycles. The van der Waals surface area contributed by atoms with Crippen molar-refractivity contribution in [1.29, 1.82) is 0 Å². The average Bonchev–Trinajstić information content (AvgIpc) is 3.54. The lowest BCUT2D eigenvalue weighted by molar-refractivity contribution is -0.145. The molecular formula is C29H27ClFN3O5. The van der Waals surface area contributed by atoms with Crippen LogP contribution in [-0.2, 0) is 16.1 Å². The zero-order valence-corrected chi connectivity index (χ0v) is 22.0. The molecule has 5 rings (SSSR count). The molecule has 2 N–H and O–H groups in total. The van der Waals surface area contributed by atoms with E-state index in [1.807, 2.05) is 9.47 Å². The number of primary amides is 1. The zero-order valence-electron chi connectivity index (χ0n) is 21.3. The quantitative estimate of drug-likeness (QED) is 0.241. The number of hydrogen-bond acceptors (Lipinski definition) is 6. The number of ether oxygens (including phenoxy) is 2. The smallest absolute Gasteiger partial charge is 0.323 e. The van der Waals surface area contributed by atoms with E-state index in [1.165, 1.54) is 19.2 Å². The van der Waals surface area contributed by atoms with Crippen LogP contribution in [0, 0.1) is 5.82 Å². The highest BCUT2D eigenvalue weighted by atomic mass is 35.5. The number of methoxy groups -OCH3 is 1. The van der Waals surface area contributed by atoms with Crippen molar-refractivity contribution in [3.8, 4) is 5.75 Å². The van der Waals surface area contributed by atoms with Gasteiger partial charge >= 0.3 is 5.97 Å². The monoisotopic (exact) mass is 551 g/mol. The summed E-state index contributed by atoms with van der Waals surface area (Å²) in [4.78, 5) is 39.6. The Bertz CT molecular complexity index is 1600. The Morgan fingerprint density at radius 2 is 1.87 bits per heavy atom. The van der Waals surface area contributed by atoms with Gasteiger partial charge in [-0.15, -0.1) is 0 Å². The van der Waals surface area contributed by atoms with E-state index in [1.54, 1.807) is 42.6 Å². The molecule has 10 heteroatoms. The lowest BCUT2D eigenvalue weighted by Gasteiger charge is -2.22. The molecule has 4 aromatic rings. The number of fused-ring (bicyclic) bond motifs is 2. The number of benzene rings is 3. The fourth-order valence-electron chi connectivity index (χ4n) is 5.19. The third-order valence-electron chi connectivity index (χ3n) is 7.13. The van der Waals surface area contributed by atoms with Crippen molar-refractivity contribution in [3.05, 3.63) is 76.7 Å². The van der Waals surface area contributed by atoms with Gasteiger partial charge in [-0.25, -0.2) is 4.39 Å². The van der Waals surface area contributed by atoms with Crippen LogP contribution >= 0.6 is 11.6 Å². The minimum atomic E-state index is -0.696. The molecule has 1 unspecified atom stereocenters. The lowest BCUT2D eigenvalue weighted by atomic mass is 10.1. The summed E-state index contributed by atoms with van der Waals surface area (Å²) in [5, 5.41) is 2.58. The molecule has 202 valence electrons. The number of nitrogens with two attached hydrogens (primary N) is 1. The second-order valence-electron chi connectivity index (χ2n) is 9.53. The molecule has 1 aromatic heterocycles. The van der Waals surface area contributed by atoms with Crippen LogP contribution in [0.2, 0.25) is 5.02 Å². The number of Topliss-reactive ketones (excluding diaryl/α,β-unsaturated/α-hetero) is 1. The van der Waals surface area contributed by atoms with Crippen LogP contribution in [-0.4, -0.2) is 60.0 Å². The fourth-order valence-corrected chi connectivity index (χ4v) is 5.37. The number of carbonyl (C=O) groups is 3. The molecular weight excluding hydrogens is 525 g/mol. The first-order valence-electron chi connectivity index (χ1n) is 12.5. The van der Waals surface area contributed by atoms with Crippen LogP contribution in [0.4, 0.5) is 4.39 Å². The van der Waals surface area contributed by atoms with Gasteiger partial charge < -0.3 is 19.8 Å². The Labute approximate surface area is 229 Å². The largest absolute Gasteiger partial charge is 0.485 e. The highest BCUT2D eigenvalue weighted by molar-refractivity contribution is 6.31. The molecule has 2 heterocycles. The summed E-state index contributed by atoms with van der Waals surface area (Å²) in [6, 6.07) is 12.4. The van der Waals surface area contributed by atoms with Crippen molar-refractivity contribution >= 4 is 50.9 Å². The van der Waals surface area contributed by atoms with Crippen LogP contribution in [0.25, 0.3) is 21.7 Å². The maximum atomic E-state index is 14.2. The molecule has 1 aliphatic heterocycles. The van der Waals surface area contributed by atoms with Crippen LogP contribution in [0.3, 0.4) is 0 Å². The first-order valence-corrected chi connectivity index (χ1v) is 12.9. The molecule has 0 aliphatic carbocycles. The Balaban J connectivity index is 1.38. The average molecular weight is 552 g/mol. The van der Waals surface area contributed by atoms with E-state index in [-0.39, 0.29) is 35.7 Å². The van der Waals surface area contributed by atoms with Gasteiger partial charge in [0.25, 0.3) is 5.91 Å². The third-order valence-corrected chi connectivity index (χ3v) is 7.37. The first-order chi connectivity index (χ1) is 18.7. The van der Waals surface area contributed by atoms with Gasteiger partial charge in [-0.05, 0) is 72.6 Å². The molecule has 8 nitrogen and oxygen atoms in total. The highest BCUT2D eigenvalue weighted by Gasteiger charge is 2.31. The predicted molar refractivity (Wildman–Crippen MR) is 146 cm³/mol. The fraction of sp³-hybridized carbons (Fsp3) is 0.276. The van der Waals surface area contributed by atoms with Crippen LogP contribution in [0.1, 0.15) is 33.6 Å². The molecule has 1 atom stereocenters. The molecule has 1 fully saturated rings. The molecule has 3 aromatic carbocycles. The van der Waals surface area contributed by atoms with Crippen molar-refractivity contribution in [3.63, 3.8) is 0 Å². The summed E-state index contributed by atoms with van der Waals surface area (Å²) in [6.45, 7) is 1.38. The predicted octanol–water partition coefficient (Wildman–Crippen LogP) is 4.59. The summed E-state index contributed by atoms with van der Waals surface area (Å²) in [7, 11) is 1.38. The Morgan fingerprint density at radius 1 is 1.05 bits per heavy atom. The second kappa shape index (κ2) is 11.0. The van der Waals surface area contributed by atoms with Crippen LogP contribution < -0.4 is 10.5 Å². The number of rotatable bonds is 9. The summed E-state index contributed by atoms with van der Waals surface area (Å²) in [5.41, 5.74) is 6.63. The third kappa shape index (κ3) is 5.46.